The Hall–Kier alpha value is -1.33. The molecule has 1 aromatic carbocycles. The van der Waals surface area contributed by atoms with Crippen molar-refractivity contribution in [2.45, 2.75) is 30.5 Å². The number of ether oxygens (including phenoxy) is 1. The van der Waals surface area contributed by atoms with Gasteiger partial charge in [0.2, 0.25) is 0 Å². The lowest BCUT2D eigenvalue weighted by Gasteiger charge is -2.08. The van der Waals surface area contributed by atoms with Crippen LogP contribution in [-0.4, -0.2) is 28.4 Å². The van der Waals surface area contributed by atoms with Gasteiger partial charge in [-0.2, -0.15) is 0 Å². The number of hydrogen-bond donors (Lipinski definition) is 1. The third-order valence-electron chi connectivity index (χ3n) is 3.29. The quantitative estimate of drug-likeness (QED) is 0.689. The Labute approximate surface area is 115 Å². The zero-order valence-electron chi connectivity index (χ0n) is 10.6. The molecule has 0 saturated carbocycles. The zero-order chi connectivity index (χ0) is 13.1. The highest BCUT2D eigenvalue weighted by molar-refractivity contribution is 7.99. The first kappa shape index (κ1) is 12.7. The average Bonchev–Trinajstić information content (AvgIpc) is 2.92. The molecule has 0 bridgehead atoms. The van der Waals surface area contributed by atoms with Crippen molar-refractivity contribution in [1.29, 1.82) is 0 Å². The van der Waals surface area contributed by atoms with Crippen LogP contribution >= 0.6 is 11.8 Å². The Morgan fingerprint density at radius 1 is 1.42 bits per heavy atom. The topological polar surface area (TPSA) is 55.0 Å². The zero-order valence-corrected chi connectivity index (χ0v) is 11.4. The van der Waals surface area contributed by atoms with Crippen LogP contribution in [0, 0.1) is 0 Å². The van der Waals surface area contributed by atoms with E-state index < -0.39 is 0 Å². The summed E-state index contributed by atoms with van der Waals surface area (Å²) in [7, 11) is 0. The molecular formula is C14H16N2O2S. The second kappa shape index (κ2) is 5.75. The summed E-state index contributed by atoms with van der Waals surface area (Å²) in [6, 6.07) is 7.41. The molecule has 1 unspecified atom stereocenters. The van der Waals surface area contributed by atoms with Crippen molar-refractivity contribution >= 4 is 22.7 Å². The summed E-state index contributed by atoms with van der Waals surface area (Å²) in [6.07, 6.45) is 3.73. The van der Waals surface area contributed by atoms with E-state index in [0.29, 0.717) is 16.6 Å². The fourth-order valence-corrected chi connectivity index (χ4v) is 3.19. The van der Waals surface area contributed by atoms with Crippen molar-refractivity contribution in [2.24, 2.45) is 0 Å². The van der Waals surface area contributed by atoms with Gasteiger partial charge in [0.05, 0.1) is 17.0 Å². The SMILES string of the molecule is O=c1[nH]c(SCCC2CCCO2)nc2ccccc12. The van der Waals surface area contributed by atoms with E-state index in [1.807, 2.05) is 18.2 Å². The summed E-state index contributed by atoms with van der Waals surface area (Å²) in [6.45, 7) is 0.889. The number of hydrogen-bond acceptors (Lipinski definition) is 4. The molecule has 0 spiro atoms. The van der Waals surface area contributed by atoms with Gasteiger partial charge in [0.25, 0.3) is 5.56 Å². The van der Waals surface area contributed by atoms with E-state index in [9.17, 15) is 4.79 Å². The number of rotatable bonds is 4. The van der Waals surface area contributed by atoms with Crippen LogP contribution in [0.3, 0.4) is 0 Å². The number of benzene rings is 1. The van der Waals surface area contributed by atoms with Gasteiger partial charge in [-0.05, 0) is 31.4 Å². The predicted octanol–water partition coefficient (Wildman–Crippen LogP) is 2.58. The van der Waals surface area contributed by atoms with E-state index >= 15 is 0 Å². The van der Waals surface area contributed by atoms with E-state index in [2.05, 4.69) is 9.97 Å². The van der Waals surface area contributed by atoms with Gasteiger partial charge in [0, 0.05) is 12.4 Å². The number of nitrogens with one attached hydrogen (secondary N) is 1. The minimum atomic E-state index is -0.0646. The number of nitrogens with zero attached hydrogens (tertiary/aromatic N) is 1. The molecule has 2 heterocycles. The number of thioether (sulfide) groups is 1. The maximum absolute atomic E-state index is 11.9. The van der Waals surface area contributed by atoms with Gasteiger partial charge < -0.3 is 9.72 Å². The highest BCUT2D eigenvalue weighted by atomic mass is 32.2. The smallest absolute Gasteiger partial charge is 0.259 e. The van der Waals surface area contributed by atoms with E-state index in [4.69, 9.17) is 4.74 Å². The maximum atomic E-state index is 11.9. The molecule has 5 heteroatoms. The molecule has 0 radical (unpaired) electrons. The van der Waals surface area contributed by atoms with Crippen LogP contribution in [0.15, 0.2) is 34.2 Å². The third-order valence-corrected chi connectivity index (χ3v) is 4.20. The minimum absolute atomic E-state index is 0.0646. The fourth-order valence-electron chi connectivity index (χ4n) is 2.29. The van der Waals surface area contributed by atoms with Gasteiger partial charge in [-0.15, -0.1) is 0 Å². The summed E-state index contributed by atoms with van der Waals surface area (Å²) in [5, 5.41) is 1.34. The van der Waals surface area contributed by atoms with Gasteiger partial charge in [-0.1, -0.05) is 23.9 Å². The maximum Gasteiger partial charge on any atom is 0.259 e. The molecule has 1 aliphatic heterocycles. The lowest BCUT2D eigenvalue weighted by Crippen LogP contribution is -2.10. The van der Waals surface area contributed by atoms with E-state index in [1.54, 1.807) is 17.8 Å². The van der Waals surface area contributed by atoms with Gasteiger partial charge in [-0.3, -0.25) is 4.79 Å². The van der Waals surface area contributed by atoms with Crippen LogP contribution in [0.4, 0.5) is 0 Å². The lowest BCUT2D eigenvalue weighted by atomic mass is 10.2. The van der Waals surface area contributed by atoms with Crippen molar-refractivity contribution in [3.05, 3.63) is 34.6 Å². The monoisotopic (exact) mass is 276 g/mol. The predicted molar refractivity (Wildman–Crippen MR) is 76.7 cm³/mol. The number of fused-ring (bicyclic) bond motifs is 1. The number of H-pyrrole nitrogens is 1. The molecule has 1 fully saturated rings. The number of aromatic nitrogens is 2. The largest absolute Gasteiger partial charge is 0.378 e. The third kappa shape index (κ3) is 2.98. The second-order valence-corrected chi connectivity index (χ2v) is 5.74. The first-order valence-electron chi connectivity index (χ1n) is 6.56. The summed E-state index contributed by atoms with van der Waals surface area (Å²) < 4.78 is 5.58. The fraction of sp³-hybridized carbons (Fsp3) is 0.429. The summed E-state index contributed by atoms with van der Waals surface area (Å²) >= 11 is 1.59. The number of aromatic amines is 1. The van der Waals surface area contributed by atoms with Crippen molar-refractivity contribution in [1.82, 2.24) is 9.97 Å². The molecule has 0 amide bonds. The molecule has 1 N–H and O–H groups in total. The Bertz CT molecular complexity index is 620. The van der Waals surface area contributed by atoms with Crippen molar-refractivity contribution in [3.63, 3.8) is 0 Å². The first-order valence-corrected chi connectivity index (χ1v) is 7.55. The van der Waals surface area contributed by atoms with Gasteiger partial charge in [0.1, 0.15) is 0 Å². The van der Waals surface area contributed by atoms with Gasteiger partial charge in [0.15, 0.2) is 5.16 Å². The highest BCUT2D eigenvalue weighted by Crippen LogP contribution is 2.21. The molecule has 1 atom stereocenters. The van der Waals surface area contributed by atoms with Crippen LogP contribution in [0.2, 0.25) is 0 Å². The summed E-state index contributed by atoms with van der Waals surface area (Å²) in [4.78, 5) is 19.2. The molecule has 1 aliphatic rings. The van der Waals surface area contributed by atoms with Crippen LogP contribution in [0.1, 0.15) is 19.3 Å². The lowest BCUT2D eigenvalue weighted by molar-refractivity contribution is 0.109. The van der Waals surface area contributed by atoms with Crippen molar-refractivity contribution < 1.29 is 4.74 Å². The van der Waals surface area contributed by atoms with Gasteiger partial charge in [-0.25, -0.2) is 4.98 Å². The Kier molecular flexibility index (Phi) is 3.84. The standard InChI is InChI=1S/C14H16N2O2S/c17-13-11-5-1-2-6-12(11)15-14(16-13)19-9-7-10-4-3-8-18-10/h1-2,5-6,10H,3-4,7-9H2,(H,15,16,17). The van der Waals surface area contributed by atoms with E-state index in [1.165, 1.54) is 6.42 Å². The molecule has 0 aliphatic carbocycles. The van der Waals surface area contributed by atoms with Crippen LogP contribution < -0.4 is 5.56 Å². The normalized spacial score (nSPS) is 19.1. The van der Waals surface area contributed by atoms with Crippen LogP contribution in [0.5, 0.6) is 0 Å². The molecule has 2 aromatic rings. The molecule has 1 aromatic heterocycles. The van der Waals surface area contributed by atoms with Gasteiger partial charge >= 0.3 is 0 Å². The Balaban J connectivity index is 1.69. The first-order chi connectivity index (χ1) is 9.33. The van der Waals surface area contributed by atoms with Crippen LogP contribution in [-0.2, 0) is 4.74 Å². The highest BCUT2D eigenvalue weighted by Gasteiger charge is 2.15. The molecule has 100 valence electrons. The van der Waals surface area contributed by atoms with Crippen molar-refractivity contribution in [3.8, 4) is 0 Å². The molecule has 3 rings (SSSR count). The minimum Gasteiger partial charge on any atom is -0.378 e. The van der Waals surface area contributed by atoms with Crippen molar-refractivity contribution in [2.75, 3.05) is 12.4 Å². The summed E-state index contributed by atoms with van der Waals surface area (Å²) in [5.74, 6) is 0.923. The van der Waals surface area contributed by atoms with E-state index in [-0.39, 0.29) is 5.56 Å². The average molecular weight is 276 g/mol. The summed E-state index contributed by atoms with van der Waals surface area (Å²) in [5.41, 5.74) is 0.691. The van der Waals surface area contributed by atoms with E-state index in [0.717, 1.165) is 30.7 Å². The Morgan fingerprint density at radius 2 is 2.32 bits per heavy atom. The molecular weight excluding hydrogens is 260 g/mol. The Morgan fingerprint density at radius 3 is 3.16 bits per heavy atom. The molecule has 4 nitrogen and oxygen atoms in total. The molecule has 1 saturated heterocycles. The second-order valence-electron chi connectivity index (χ2n) is 4.66. The van der Waals surface area contributed by atoms with Crippen LogP contribution in [0.25, 0.3) is 10.9 Å². The number of para-hydroxylation sites is 1. The molecule has 19 heavy (non-hydrogen) atoms.